The fourth-order valence-corrected chi connectivity index (χ4v) is 8.12. The third-order valence-electron chi connectivity index (χ3n) is 9.99. The second kappa shape index (κ2) is 12.1. The summed E-state index contributed by atoms with van der Waals surface area (Å²) in [7, 11) is 0. The van der Waals surface area contributed by atoms with Gasteiger partial charge in [-0.15, -0.1) is 0 Å². The summed E-state index contributed by atoms with van der Waals surface area (Å²) in [6, 6.07) is 14.4. The van der Waals surface area contributed by atoms with Gasteiger partial charge in [-0.2, -0.15) is 15.2 Å². The molecule has 7 rings (SSSR count). The smallest absolute Gasteiger partial charge is 0.318 e. The van der Waals surface area contributed by atoms with Gasteiger partial charge in [-0.05, 0) is 49.4 Å². The number of fused-ring (bicyclic) bond motifs is 3. The molecule has 0 saturated carbocycles. The van der Waals surface area contributed by atoms with Gasteiger partial charge in [0.1, 0.15) is 18.6 Å². The molecular formula is C34H37ClFN7O2. The SMILES string of the molecule is C=CC(=O)N1CCN(c2nc(OC[C@@]34CCCN3C[C@H](F)C4)nc3c2CCN(c2cccc4cccc(Cl)c24)C3)C[C@@H]1CC#N. The zero-order chi connectivity index (χ0) is 31.1. The van der Waals surface area contributed by atoms with Crippen LogP contribution in [-0.4, -0.2) is 89.3 Å². The molecule has 0 radical (unpaired) electrons. The minimum atomic E-state index is -0.846. The Kier molecular flexibility index (Phi) is 8.00. The average Bonchev–Trinajstić information content (AvgIpc) is 3.58. The van der Waals surface area contributed by atoms with Crippen molar-refractivity contribution in [2.24, 2.45) is 0 Å². The molecule has 3 saturated heterocycles. The molecule has 2 aromatic carbocycles. The van der Waals surface area contributed by atoms with Gasteiger partial charge >= 0.3 is 6.01 Å². The van der Waals surface area contributed by atoms with Crippen molar-refractivity contribution >= 4 is 39.8 Å². The van der Waals surface area contributed by atoms with E-state index in [2.05, 4.69) is 51.6 Å². The van der Waals surface area contributed by atoms with Crippen molar-refractivity contribution in [3.05, 3.63) is 65.3 Å². The summed E-state index contributed by atoms with van der Waals surface area (Å²) in [5.41, 5.74) is 2.66. The zero-order valence-corrected chi connectivity index (χ0v) is 26.1. The maximum absolute atomic E-state index is 14.5. The highest BCUT2D eigenvalue weighted by Crippen LogP contribution is 2.41. The van der Waals surface area contributed by atoms with Crippen LogP contribution in [0.1, 0.15) is 36.9 Å². The quantitative estimate of drug-likeness (QED) is 0.341. The fraction of sp³-hybridized carbons (Fsp3) is 0.471. The molecule has 0 aliphatic carbocycles. The summed E-state index contributed by atoms with van der Waals surface area (Å²) >= 11 is 6.71. The number of carbonyl (C=O) groups excluding carboxylic acids is 1. The Morgan fingerprint density at radius 1 is 1.16 bits per heavy atom. The first-order chi connectivity index (χ1) is 21.9. The lowest BCUT2D eigenvalue weighted by atomic mass is 9.95. The number of carbonyl (C=O) groups is 1. The summed E-state index contributed by atoms with van der Waals surface area (Å²) in [5.74, 6) is 0.617. The number of benzene rings is 2. The highest BCUT2D eigenvalue weighted by atomic mass is 35.5. The topological polar surface area (TPSA) is 88.8 Å². The molecule has 3 atom stereocenters. The van der Waals surface area contributed by atoms with Gasteiger partial charge in [-0.25, -0.2) is 4.39 Å². The van der Waals surface area contributed by atoms with Crippen molar-refractivity contribution in [3.63, 3.8) is 0 Å². The van der Waals surface area contributed by atoms with Gasteiger partial charge in [0.05, 0.1) is 41.3 Å². The summed E-state index contributed by atoms with van der Waals surface area (Å²) in [6.07, 6.45) is 3.78. The van der Waals surface area contributed by atoms with Crippen molar-refractivity contribution in [1.29, 1.82) is 5.26 Å². The summed E-state index contributed by atoms with van der Waals surface area (Å²) in [4.78, 5) is 31.0. The number of nitrogens with zero attached hydrogens (tertiary/aromatic N) is 7. The largest absolute Gasteiger partial charge is 0.461 e. The van der Waals surface area contributed by atoms with E-state index in [9.17, 15) is 14.4 Å². The molecule has 1 amide bonds. The molecule has 1 aromatic heterocycles. The molecule has 234 valence electrons. The normalized spacial score (nSPS) is 24.8. The van der Waals surface area contributed by atoms with Crippen LogP contribution in [0.4, 0.5) is 15.9 Å². The number of alkyl halides is 1. The Bertz CT molecular complexity index is 1670. The van der Waals surface area contributed by atoms with Crippen LogP contribution in [0.15, 0.2) is 49.1 Å². The van der Waals surface area contributed by atoms with Crippen molar-refractivity contribution in [3.8, 4) is 12.1 Å². The van der Waals surface area contributed by atoms with Crippen molar-refractivity contribution in [1.82, 2.24) is 19.8 Å². The maximum atomic E-state index is 14.5. The van der Waals surface area contributed by atoms with Gasteiger partial charge < -0.3 is 19.4 Å². The Labute approximate surface area is 267 Å². The maximum Gasteiger partial charge on any atom is 0.318 e. The Morgan fingerprint density at radius 2 is 2.00 bits per heavy atom. The average molecular weight is 630 g/mol. The molecule has 3 aromatic rings. The number of amides is 1. The molecule has 11 heteroatoms. The zero-order valence-electron chi connectivity index (χ0n) is 25.3. The van der Waals surface area contributed by atoms with Crippen LogP contribution in [-0.2, 0) is 17.8 Å². The van der Waals surface area contributed by atoms with Crippen LogP contribution >= 0.6 is 11.6 Å². The van der Waals surface area contributed by atoms with Gasteiger partial charge in [-0.1, -0.05) is 42.4 Å². The first-order valence-electron chi connectivity index (χ1n) is 15.8. The molecule has 4 aliphatic heterocycles. The Hall–Kier alpha value is -3.94. The van der Waals surface area contributed by atoms with E-state index in [0.29, 0.717) is 57.2 Å². The first-order valence-corrected chi connectivity index (χ1v) is 16.2. The lowest BCUT2D eigenvalue weighted by molar-refractivity contribution is -0.128. The Balaban J connectivity index is 1.23. The second-order valence-electron chi connectivity index (χ2n) is 12.6. The molecule has 4 aliphatic rings. The lowest BCUT2D eigenvalue weighted by Gasteiger charge is -2.42. The standard InChI is InChI=1S/C34H37ClFN7O2/c1-2-30(44)43-17-16-41(20-25(43)10-13-37)32-26-11-15-40(29-9-4-7-23-6-3-8-27(35)31(23)29)21-28(26)38-33(39-32)45-22-34-12-5-14-42(34)19-24(36)18-34/h2-4,6-9,24-25H,1,5,10-12,14-22H2/t24-,25+,34+/m1/s1. The monoisotopic (exact) mass is 629 g/mol. The van der Waals surface area contributed by atoms with E-state index in [4.69, 9.17) is 26.3 Å². The van der Waals surface area contributed by atoms with E-state index >= 15 is 0 Å². The highest BCUT2D eigenvalue weighted by Gasteiger charge is 2.49. The molecule has 0 bridgehead atoms. The van der Waals surface area contributed by atoms with Crippen molar-refractivity contribution in [2.75, 3.05) is 55.7 Å². The molecule has 9 nitrogen and oxygen atoms in total. The molecule has 0 N–H and O–H groups in total. The molecule has 0 spiro atoms. The van der Waals surface area contributed by atoms with Crippen LogP contribution in [0, 0.1) is 11.3 Å². The van der Waals surface area contributed by atoms with Gasteiger partial charge in [0, 0.05) is 55.8 Å². The first kappa shape index (κ1) is 29.8. The number of rotatable bonds is 7. The van der Waals surface area contributed by atoms with Crippen molar-refractivity contribution in [2.45, 2.75) is 56.4 Å². The van der Waals surface area contributed by atoms with Crippen molar-refractivity contribution < 1.29 is 13.9 Å². The van der Waals surface area contributed by atoms with E-state index in [-0.39, 0.29) is 29.9 Å². The number of ether oxygens (including phenoxy) is 1. The Morgan fingerprint density at radius 3 is 2.82 bits per heavy atom. The predicted octanol–water partition coefficient (Wildman–Crippen LogP) is 4.92. The number of piperazine rings is 1. The summed E-state index contributed by atoms with van der Waals surface area (Å²) in [6.45, 7) is 8.12. The number of hydrogen-bond donors (Lipinski definition) is 0. The highest BCUT2D eigenvalue weighted by molar-refractivity contribution is 6.36. The molecule has 45 heavy (non-hydrogen) atoms. The van der Waals surface area contributed by atoms with E-state index in [1.54, 1.807) is 4.90 Å². The van der Waals surface area contributed by atoms with Gasteiger partial charge in [0.2, 0.25) is 5.91 Å². The molecule has 0 unspecified atom stereocenters. The third-order valence-corrected chi connectivity index (χ3v) is 10.3. The molecule has 3 fully saturated rings. The molecule has 5 heterocycles. The summed E-state index contributed by atoms with van der Waals surface area (Å²) < 4.78 is 20.9. The number of hydrogen-bond acceptors (Lipinski definition) is 8. The lowest BCUT2D eigenvalue weighted by Crippen LogP contribution is -2.55. The number of nitriles is 1. The van der Waals surface area contributed by atoms with Gasteiger partial charge in [0.25, 0.3) is 0 Å². The number of anilines is 2. The van der Waals surface area contributed by atoms with E-state index in [1.165, 1.54) is 6.08 Å². The van der Waals surface area contributed by atoms with Crippen LogP contribution in [0.2, 0.25) is 5.02 Å². The van der Waals surface area contributed by atoms with E-state index < -0.39 is 6.17 Å². The van der Waals surface area contributed by atoms with Crippen LogP contribution < -0.4 is 14.5 Å². The predicted molar refractivity (Wildman–Crippen MR) is 172 cm³/mol. The molecular weight excluding hydrogens is 593 g/mol. The van der Waals surface area contributed by atoms with E-state index in [0.717, 1.165) is 59.5 Å². The van der Waals surface area contributed by atoms with Crippen LogP contribution in [0.5, 0.6) is 6.01 Å². The minimum absolute atomic E-state index is 0.170. The van der Waals surface area contributed by atoms with Gasteiger partial charge in [0.15, 0.2) is 0 Å². The third kappa shape index (κ3) is 5.46. The number of halogens is 2. The van der Waals surface area contributed by atoms with Crippen LogP contribution in [0.25, 0.3) is 10.8 Å². The fourth-order valence-electron chi connectivity index (χ4n) is 7.84. The number of aromatic nitrogens is 2. The van der Waals surface area contributed by atoms with Crippen LogP contribution in [0.3, 0.4) is 0 Å². The van der Waals surface area contributed by atoms with Gasteiger partial charge in [-0.3, -0.25) is 9.69 Å². The minimum Gasteiger partial charge on any atom is -0.461 e. The summed E-state index contributed by atoms with van der Waals surface area (Å²) in [5, 5.41) is 12.4. The van der Waals surface area contributed by atoms with E-state index in [1.807, 2.05) is 12.1 Å². The second-order valence-corrected chi connectivity index (χ2v) is 13.0.